The number of anilines is 1. The van der Waals surface area contributed by atoms with Crippen molar-refractivity contribution in [2.75, 3.05) is 18.0 Å². The Hall–Kier alpha value is -4.01. The minimum atomic E-state index is -4.76. The van der Waals surface area contributed by atoms with E-state index in [-0.39, 0.29) is 22.2 Å². The van der Waals surface area contributed by atoms with Crippen LogP contribution in [0.1, 0.15) is 37.3 Å². The zero-order valence-corrected chi connectivity index (χ0v) is 21.1. The predicted octanol–water partition coefficient (Wildman–Crippen LogP) is 6.74. The molecule has 38 heavy (non-hydrogen) atoms. The number of hydrogen-bond acceptors (Lipinski definition) is 4. The molecule has 6 rings (SSSR count). The molecule has 0 bridgehead atoms. The van der Waals surface area contributed by atoms with Crippen LogP contribution in [0.4, 0.5) is 18.9 Å². The van der Waals surface area contributed by atoms with Gasteiger partial charge in [-0.3, -0.25) is 4.79 Å². The highest BCUT2D eigenvalue weighted by Gasteiger charge is 2.34. The molecule has 0 spiro atoms. The molecule has 1 fully saturated rings. The largest absolute Gasteiger partial charge is 0.507 e. The van der Waals surface area contributed by atoms with Crippen LogP contribution in [0.3, 0.4) is 0 Å². The highest BCUT2D eigenvalue weighted by Crippen LogP contribution is 2.41. The molecule has 4 heterocycles. The van der Waals surface area contributed by atoms with Gasteiger partial charge in [-0.15, -0.1) is 0 Å². The van der Waals surface area contributed by atoms with Crippen molar-refractivity contribution in [1.29, 1.82) is 0 Å². The van der Waals surface area contributed by atoms with Gasteiger partial charge in [0.2, 0.25) is 0 Å². The molecule has 0 atom stereocenters. The molecule has 0 unspecified atom stereocenters. The molecule has 6 nitrogen and oxygen atoms in total. The second-order valence-corrected chi connectivity index (χ2v) is 9.93. The molecule has 1 aliphatic rings. The number of aromatic nitrogens is 3. The summed E-state index contributed by atoms with van der Waals surface area (Å²) in [5, 5.41) is 12.4. The molecule has 2 N–H and O–H groups in total. The van der Waals surface area contributed by atoms with Crippen LogP contribution >= 0.6 is 0 Å². The maximum absolute atomic E-state index is 14.1. The summed E-state index contributed by atoms with van der Waals surface area (Å²) in [7, 11) is 0. The van der Waals surface area contributed by atoms with Gasteiger partial charge < -0.3 is 19.6 Å². The van der Waals surface area contributed by atoms with Gasteiger partial charge >= 0.3 is 6.18 Å². The van der Waals surface area contributed by atoms with Crippen LogP contribution in [0, 0.1) is 6.92 Å². The van der Waals surface area contributed by atoms with Gasteiger partial charge in [-0.05, 0) is 69.0 Å². The number of phenolic OH excluding ortho intramolecular Hbond substituents is 1. The SMILES string of the molecule is CCn1c(=O)c2c(-c3ccc(O)c(C(F)(F)F)c3)nc3[nH]cc(C)c3c2c2ccc(N3CCCCC3)cc21. The molecule has 0 radical (unpaired) electrons. The normalized spacial score (nSPS) is 14.7. The van der Waals surface area contributed by atoms with Crippen LogP contribution < -0.4 is 10.5 Å². The van der Waals surface area contributed by atoms with Crippen molar-refractivity contribution in [3.8, 4) is 17.0 Å². The van der Waals surface area contributed by atoms with Gasteiger partial charge in [-0.25, -0.2) is 4.98 Å². The van der Waals surface area contributed by atoms with E-state index in [1.807, 2.05) is 19.9 Å². The van der Waals surface area contributed by atoms with Gasteiger partial charge in [0.1, 0.15) is 11.4 Å². The Morgan fingerprint density at radius 3 is 2.50 bits per heavy atom. The third-order valence-electron chi connectivity index (χ3n) is 7.63. The summed E-state index contributed by atoms with van der Waals surface area (Å²) < 4.78 is 42.6. The van der Waals surface area contributed by atoms with E-state index in [1.54, 1.807) is 10.8 Å². The topological polar surface area (TPSA) is 74.1 Å². The van der Waals surface area contributed by atoms with E-state index in [0.717, 1.165) is 65.6 Å². The third kappa shape index (κ3) is 3.71. The first kappa shape index (κ1) is 24.3. The fourth-order valence-electron chi connectivity index (χ4n) is 5.78. The van der Waals surface area contributed by atoms with Crippen molar-refractivity contribution in [3.05, 3.63) is 64.1 Å². The summed E-state index contributed by atoms with van der Waals surface area (Å²) >= 11 is 0. The molecule has 2 aromatic carbocycles. The zero-order chi connectivity index (χ0) is 26.8. The monoisotopic (exact) mass is 520 g/mol. The number of nitrogens with zero attached hydrogens (tertiary/aromatic N) is 3. The number of H-pyrrole nitrogens is 1. The minimum Gasteiger partial charge on any atom is -0.507 e. The lowest BCUT2D eigenvalue weighted by Crippen LogP contribution is -2.29. The first-order chi connectivity index (χ1) is 18.2. The van der Waals surface area contributed by atoms with E-state index in [0.29, 0.717) is 17.6 Å². The Morgan fingerprint density at radius 1 is 1.03 bits per heavy atom. The number of aryl methyl sites for hydroxylation is 2. The summed E-state index contributed by atoms with van der Waals surface area (Å²) in [6, 6.07) is 9.36. The molecule has 5 aromatic rings. The number of piperidine rings is 1. The summed E-state index contributed by atoms with van der Waals surface area (Å²) in [5.74, 6) is -0.871. The number of aromatic hydroxyl groups is 1. The second kappa shape index (κ2) is 8.79. The summed E-state index contributed by atoms with van der Waals surface area (Å²) in [6.07, 6.45) is 0.493. The molecule has 1 aliphatic heterocycles. The first-order valence-electron chi connectivity index (χ1n) is 12.8. The predicted molar refractivity (Wildman–Crippen MR) is 144 cm³/mol. The molecule has 0 saturated carbocycles. The number of aromatic amines is 1. The van der Waals surface area contributed by atoms with E-state index in [9.17, 15) is 23.1 Å². The van der Waals surface area contributed by atoms with Gasteiger partial charge in [0.15, 0.2) is 0 Å². The number of halogens is 3. The van der Waals surface area contributed by atoms with Crippen molar-refractivity contribution >= 4 is 38.4 Å². The highest BCUT2D eigenvalue weighted by molar-refractivity contribution is 6.22. The maximum Gasteiger partial charge on any atom is 0.419 e. The summed E-state index contributed by atoms with van der Waals surface area (Å²) in [4.78, 5) is 24.2. The minimum absolute atomic E-state index is 0.110. The maximum atomic E-state index is 14.1. The lowest BCUT2D eigenvalue weighted by molar-refractivity contribution is -0.138. The number of fused-ring (bicyclic) bond motifs is 5. The van der Waals surface area contributed by atoms with Crippen molar-refractivity contribution in [3.63, 3.8) is 0 Å². The van der Waals surface area contributed by atoms with Crippen LogP contribution in [0.5, 0.6) is 5.75 Å². The molecule has 0 aliphatic carbocycles. The van der Waals surface area contributed by atoms with Crippen LogP contribution in [-0.4, -0.2) is 32.7 Å². The average Bonchev–Trinajstić information content (AvgIpc) is 3.28. The van der Waals surface area contributed by atoms with Crippen molar-refractivity contribution in [2.45, 2.75) is 45.8 Å². The fourth-order valence-corrected chi connectivity index (χ4v) is 5.78. The van der Waals surface area contributed by atoms with Gasteiger partial charge in [0.25, 0.3) is 5.56 Å². The summed E-state index contributed by atoms with van der Waals surface area (Å²) in [5.41, 5.74) is 2.00. The average molecular weight is 521 g/mol. The number of alkyl halides is 3. The summed E-state index contributed by atoms with van der Waals surface area (Å²) in [6.45, 7) is 6.12. The standard InChI is InChI=1S/C29H27F3N4O2/c1-3-36-21-14-18(35-11-5-4-6-12-35)8-9-19(21)24-23-16(2)15-33-27(23)34-26(25(24)28(36)38)17-7-10-22(37)20(13-17)29(30,31)32/h7-10,13-15,37H,3-6,11-12H2,1-2H3,(H,33,34). The van der Waals surface area contributed by atoms with Crippen LogP contribution in [-0.2, 0) is 12.7 Å². The number of nitrogens with one attached hydrogen (secondary N) is 1. The van der Waals surface area contributed by atoms with Gasteiger partial charge in [0.05, 0.1) is 22.2 Å². The number of rotatable bonds is 3. The van der Waals surface area contributed by atoms with Gasteiger partial charge in [-0.1, -0.05) is 6.07 Å². The van der Waals surface area contributed by atoms with Crippen molar-refractivity contribution in [1.82, 2.24) is 14.5 Å². The van der Waals surface area contributed by atoms with Crippen LogP contribution in [0.25, 0.3) is 44.0 Å². The lowest BCUT2D eigenvalue weighted by atomic mass is 9.96. The molecule has 9 heteroatoms. The smallest absolute Gasteiger partial charge is 0.419 e. The third-order valence-corrected chi connectivity index (χ3v) is 7.63. The molecule has 1 saturated heterocycles. The van der Waals surface area contributed by atoms with E-state index >= 15 is 0 Å². The Balaban J connectivity index is 1.74. The van der Waals surface area contributed by atoms with Crippen molar-refractivity contribution in [2.24, 2.45) is 0 Å². The van der Waals surface area contributed by atoms with E-state index in [1.165, 1.54) is 12.5 Å². The Morgan fingerprint density at radius 2 is 1.79 bits per heavy atom. The Labute approximate surface area is 216 Å². The van der Waals surface area contributed by atoms with Crippen LogP contribution in [0.2, 0.25) is 0 Å². The molecule has 0 amide bonds. The van der Waals surface area contributed by atoms with Crippen molar-refractivity contribution < 1.29 is 18.3 Å². The zero-order valence-electron chi connectivity index (χ0n) is 21.1. The van der Waals surface area contributed by atoms with E-state index in [4.69, 9.17) is 0 Å². The Bertz CT molecular complexity index is 1780. The van der Waals surface area contributed by atoms with Gasteiger partial charge in [-0.2, -0.15) is 13.2 Å². The molecule has 196 valence electrons. The quantitative estimate of drug-likeness (QED) is 0.258. The number of pyridine rings is 2. The van der Waals surface area contributed by atoms with E-state index in [2.05, 4.69) is 27.0 Å². The first-order valence-corrected chi connectivity index (χ1v) is 12.8. The number of benzene rings is 2. The van der Waals surface area contributed by atoms with Crippen LogP contribution in [0.15, 0.2) is 47.4 Å². The molecule has 3 aromatic heterocycles. The van der Waals surface area contributed by atoms with Gasteiger partial charge in [0, 0.05) is 53.2 Å². The molecular weight excluding hydrogens is 493 g/mol. The second-order valence-electron chi connectivity index (χ2n) is 9.93. The Kier molecular flexibility index (Phi) is 5.63. The number of hydrogen-bond donors (Lipinski definition) is 2. The number of phenols is 1. The molecular formula is C29H27F3N4O2. The highest BCUT2D eigenvalue weighted by atomic mass is 19.4. The van der Waals surface area contributed by atoms with E-state index < -0.39 is 17.5 Å². The fraction of sp³-hybridized carbons (Fsp3) is 0.310. The lowest BCUT2D eigenvalue weighted by Gasteiger charge is -2.29.